The van der Waals surface area contributed by atoms with Gasteiger partial charge in [0.1, 0.15) is 17.9 Å². The van der Waals surface area contributed by atoms with E-state index in [1.54, 1.807) is 18.5 Å². The Morgan fingerprint density at radius 3 is 2.74 bits per heavy atom. The SMILES string of the molecule is COc1nc(-c2nc3[n+]([nH]2)CCCC3c2ccc(Br)cc2C(F)(F)F)ccc1-n1cnc(C)c1. The minimum absolute atomic E-state index is 0.221. The van der Waals surface area contributed by atoms with Gasteiger partial charge in [0.05, 0.1) is 30.6 Å². The van der Waals surface area contributed by atoms with Crippen LogP contribution in [0.2, 0.25) is 0 Å². The van der Waals surface area contributed by atoms with Gasteiger partial charge in [0, 0.05) is 10.7 Å². The number of aromatic nitrogens is 6. The average Bonchev–Trinajstić information content (AvgIpc) is 3.44. The molecule has 0 bridgehead atoms. The lowest BCUT2D eigenvalue weighted by molar-refractivity contribution is -0.762. The number of pyridine rings is 1. The van der Waals surface area contributed by atoms with Gasteiger partial charge in [-0.2, -0.15) is 23.0 Å². The highest BCUT2D eigenvalue weighted by Crippen LogP contribution is 2.40. The summed E-state index contributed by atoms with van der Waals surface area (Å²) in [5.41, 5.74) is 1.69. The molecule has 0 amide bonds. The molecule has 0 aliphatic carbocycles. The van der Waals surface area contributed by atoms with Crippen LogP contribution in [-0.2, 0) is 12.7 Å². The van der Waals surface area contributed by atoms with Gasteiger partial charge in [-0.3, -0.25) is 0 Å². The molecule has 4 heterocycles. The smallest absolute Gasteiger partial charge is 0.416 e. The van der Waals surface area contributed by atoms with Crippen LogP contribution in [0.4, 0.5) is 13.2 Å². The highest BCUT2D eigenvalue weighted by Gasteiger charge is 2.41. The summed E-state index contributed by atoms with van der Waals surface area (Å²) in [5.74, 6) is 0.931. The van der Waals surface area contributed by atoms with Crippen molar-refractivity contribution in [2.24, 2.45) is 0 Å². The van der Waals surface area contributed by atoms with E-state index >= 15 is 0 Å². The number of hydrogen-bond acceptors (Lipinski definition) is 4. The first kappa shape index (κ1) is 22.6. The van der Waals surface area contributed by atoms with Crippen molar-refractivity contribution < 1.29 is 22.6 Å². The summed E-state index contributed by atoms with van der Waals surface area (Å²) in [6.45, 7) is 2.53. The van der Waals surface area contributed by atoms with Gasteiger partial charge in [-0.1, -0.05) is 22.0 Å². The zero-order valence-electron chi connectivity index (χ0n) is 18.4. The van der Waals surface area contributed by atoms with Crippen molar-refractivity contribution in [3.05, 3.63) is 70.0 Å². The van der Waals surface area contributed by atoms with Crippen LogP contribution in [-0.4, -0.2) is 31.7 Å². The van der Waals surface area contributed by atoms with Crippen LogP contribution >= 0.6 is 15.9 Å². The van der Waals surface area contributed by atoms with Crippen molar-refractivity contribution in [3.8, 4) is 23.1 Å². The number of ether oxygens (including phenoxy) is 1. The number of halogens is 4. The lowest BCUT2D eigenvalue weighted by Crippen LogP contribution is -2.44. The van der Waals surface area contributed by atoms with Gasteiger partial charge in [-0.15, -0.1) is 0 Å². The summed E-state index contributed by atoms with van der Waals surface area (Å²) in [4.78, 5) is 13.5. The molecule has 3 aromatic heterocycles. The Kier molecular flexibility index (Phi) is 5.67. The molecule has 0 radical (unpaired) electrons. The van der Waals surface area contributed by atoms with Gasteiger partial charge < -0.3 is 9.30 Å². The monoisotopic (exact) mass is 533 g/mol. The number of benzene rings is 1. The lowest BCUT2D eigenvalue weighted by Gasteiger charge is -2.21. The van der Waals surface area contributed by atoms with Crippen LogP contribution in [0.1, 0.15) is 41.4 Å². The molecule has 5 rings (SSSR count). The fraction of sp³-hybridized carbons (Fsp3) is 0.304. The third-order valence-corrected chi connectivity index (χ3v) is 6.39. The van der Waals surface area contributed by atoms with Crippen LogP contribution < -0.4 is 9.42 Å². The van der Waals surface area contributed by atoms with Crippen molar-refractivity contribution in [2.45, 2.75) is 38.4 Å². The molecule has 11 heteroatoms. The van der Waals surface area contributed by atoms with Crippen LogP contribution in [0.3, 0.4) is 0 Å². The second kappa shape index (κ2) is 8.53. The first-order chi connectivity index (χ1) is 16.2. The van der Waals surface area contributed by atoms with Gasteiger partial charge in [-0.05, 0) is 54.6 Å². The molecular weight excluding hydrogens is 513 g/mol. The quantitative estimate of drug-likeness (QED) is 0.376. The van der Waals surface area contributed by atoms with E-state index in [9.17, 15) is 13.2 Å². The van der Waals surface area contributed by atoms with Gasteiger partial charge in [0.15, 0.2) is 0 Å². The third kappa shape index (κ3) is 4.08. The number of methoxy groups -OCH3 is 1. The summed E-state index contributed by atoms with van der Waals surface area (Å²) in [6, 6.07) is 7.95. The Morgan fingerprint density at radius 2 is 2.03 bits per heavy atom. The van der Waals surface area contributed by atoms with Crippen molar-refractivity contribution in [3.63, 3.8) is 0 Å². The first-order valence-corrected chi connectivity index (χ1v) is 11.5. The Morgan fingerprint density at radius 1 is 1.21 bits per heavy atom. The normalized spacial score (nSPS) is 15.9. The van der Waals surface area contributed by atoms with Gasteiger partial charge in [-0.25, -0.2) is 9.97 Å². The number of rotatable bonds is 4. The number of hydrogen-bond donors (Lipinski definition) is 1. The Bertz CT molecular complexity index is 1360. The van der Waals surface area contributed by atoms with Crippen LogP contribution in [0.15, 0.2) is 47.3 Å². The molecule has 0 spiro atoms. The molecule has 1 unspecified atom stereocenters. The second-order valence-electron chi connectivity index (χ2n) is 8.15. The molecule has 0 saturated heterocycles. The Labute approximate surface area is 201 Å². The zero-order valence-corrected chi connectivity index (χ0v) is 20.0. The molecule has 176 valence electrons. The number of fused-ring (bicyclic) bond motifs is 1. The molecule has 0 saturated carbocycles. The topological polar surface area (TPSA) is 72.5 Å². The van der Waals surface area contributed by atoms with E-state index in [0.29, 0.717) is 40.7 Å². The third-order valence-electron chi connectivity index (χ3n) is 5.89. The summed E-state index contributed by atoms with van der Waals surface area (Å²) in [6.07, 6.45) is 0.382. The maximum absolute atomic E-state index is 13.8. The van der Waals surface area contributed by atoms with Gasteiger partial charge >= 0.3 is 17.8 Å². The number of H-pyrrole nitrogens is 1. The lowest BCUT2D eigenvalue weighted by atomic mass is 9.87. The highest BCUT2D eigenvalue weighted by molar-refractivity contribution is 9.10. The summed E-state index contributed by atoms with van der Waals surface area (Å²) in [5, 5.41) is 3.21. The molecule has 1 atom stereocenters. The maximum Gasteiger partial charge on any atom is 0.416 e. The molecule has 4 aromatic rings. The van der Waals surface area contributed by atoms with Crippen molar-refractivity contribution in [1.29, 1.82) is 0 Å². The highest BCUT2D eigenvalue weighted by atomic mass is 79.9. The Balaban J connectivity index is 1.55. The van der Waals surface area contributed by atoms with Gasteiger partial charge in [0.25, 0.3) is 0 Å². The number of aryl methyl sites for hydroxylation is 2. The minimum atomic E-state index is -4.46. The largest absolute Gasteiger partial charge is 0.479 e. The number of aromatic amines is 1. The number of nitrogens with zero attached hydrogens (tertiary/aromatic N) is 5. The number of alkyl halides is 3. The number of nitrogens with one attached hydrogen (secondary N) is 1. The van der Waals surface area contributed by atoms with E-state index in [4.69, 9.17) is 9.72 Å². The molecule has 1 aromatic carbocycles. The van der Waals surface area contributed by atoms with E-state index in [0.717, 1.165) is 23.9 Å². The van der Waals surface area contributed by atoms with E-state index in [2.05, 4.69) is 31.0 Å². The van der Waals surface area contributed by atoms with E-state index in [1.165, 1.54) is 13.2 Å². The Hall–Kier alpha value is -3.21. The van der Waals surface area contributed by atoms with Crippen molar-refractivity contribution in [1.82, 2.24) is 24.6 Å². The predicted molar refractivity (Wildman–Crippen MR) is 121 cm³/mol. The molecule has 0 fully saturated rings. The fourth-order valence-corrected chi connectivity index (χ4v) is 4.72. The molecule has 1 aliphatic heterocycles. The van der Waals surface area contributed by atoms with Crippen LogP contribution in [0, 0.1) is 6.92 Å². The molecular formula is C23H21BrF3N6O+. The van der Waals surface area contributed by atoms with Gasteiger partial charge in [0.2, 0.25) is 5.88 Å². The van der Waals surface area contributed by atoms with E-state index in [1.807, 2.05) is 28.4 Å². The standard InChI is InChI=1S/C23H20BrF3N6O/c1-13-11-32(12-28-13)19-8-7-18(29-22(19)34-2)20-30-21-16(4-3-9-33(21)31-20)15-6-5-14(24)10-17(15)23(25,26)27/h5-8,10-12,16H,3-4,9H2,1-2H3/p+1. The van der Waals surface area contributed by atoms with E-state index in [-0.39, 0.29) is 5.56 Å². The molecule has 7 nitrogen and oxygen atoms in total. The summed E-state index contributed by atoms with van der Waals surface area (Å²) in [7, 11) is 1.53. The van der Waals surface area contributed by atoms with Crippen molar-refractivity contribution in [2.75, 3.05) is 7.11 Å². The van der Waals surface area contributed by atoms with Crippen LogP contribution in [0.5, 0.6) is 5.88 Å². The molecule has 34 heavy (non-hydrogen) atoms. The first-order valence-electron chi connectivity index (χ1n) is 10.7. The van der Waals surface area contributed by atoms with Crippen molar-refractivity contribution >= 4 is 15.9 Å². The summed E-state index contributed by atoms with van der Waals surface area (Å²) < 4.78 is 50.9. The average molecular weight is 534 g/mol. The minimum Gasteiger partial charge on any atom is -0.479 e. The zero-order chi connectivity index (χ0) is 24.0. The fourth-order valence-electron chi connectivity index (χ4n) is 4.36. The molecule has 1 aliphatic rings. The maximum atomic E-state index is 13.8. The summed E-state index contributed by atoms with van der Waals surface area (Å²) >= 11 is 3.16. The second-order valence-corrected chi connectivity index (χ2v) is 9.07. The number of imidazole rings is 1. The van der Waals surface area contributed by atoms with E-state index < -0.39 is 17.7 Å². The van der Waals surface area contributed by atoms with Crippen LogP contribution in [0.25, 0.3) is 17.2 Å². The molecule has 1 N–H and O–H groups in total. The predicted octanol–water partition coefficient (Wildman–Crippen LogP) is 4.97.